The molecule has 0 bridgehead atoms. The lowest BCUT2D eigenvalue weighted by molar-refractivity contribution is 0.199. The van der Waals surface area contributed by atoms with Gasteiger partial charge in [0.25, 0.3) is 0 Å². The van der Waals surface area contributed by atoms with E-state index in [1.54, 1.807) is 18.4 Å². The van der Waals surface area contributed by atoms with E-state index >= 15 is 0 Å². The second-order valence-electron chi connectivity index (χ2n) is 3.99. The Bertz CT molecular complexity index is 456. The van der Waals surface area contributed by atoms with Crippen LogP contribution in [0, 0.1) is 0 Å². The molecule has 4 heteroatoms. The van der Waals surface area contributed by atoms with Crippen LogP contribution in [0.1, 0.15) is 5.01 Å². The van der Waals surface area contributed by atoms with Crippen LogP contribution in [0.2, 0.25) is 0 Å². The molecule has 0 fully saturated rings. The summed E-state index contributed by atoms with van der Waals surface area (Å²) in [7, 11) is 1.72. The SMILES string of the molecule is COCCNCCc1nc(-c2ccccc2)cs1. The van der Waals surface area contributed by atoms with E-state index in [1.807, 2.05) is 18.2 Å². The molecule has 1 aromatic carbocycles. The van der Waals surface area contributed by atoms with Crippen LogP contribution in [0.3, 0.4) is 0 Å². The topological polar surface area (TPSA) is 34.1 Å². The highest BCUT2D eigenvalue weighted by Gasteiger charge is 2.03. The van der Waals surface area contributed by atoms with Crippen LogP contribution < -0.4 is 5.32 Å². The Morgan fingerprint density at radius 3 is 2.83 bits per heavy atom. The Balaban J connectivity index is 1.83. The second-order valence-corrected chi connectivity index (χ2v) is 4.93. The van der Waals surface area contributed by atoms with Crippen LogP contribution in [0.15, 0.2) is 35.7 Å². The first-order valence-electron chi connectivity index (χ1n) is 6.09. The third-order valence-electron chi connectivity index (χ3n) is 2.62. The van der Waals surface area contributed by atoms with E-state index in [0.29, 0.717) is 0 Å². The third-order valence-corrected chi connectivity index (χ3v) is 3.53. The molecule has 3 nitrogen and oxygen atoms in total. The molecule has 0 saturated heterocycles. The molecule has 0 radical (unpaired) electrons. The van der Waals surface area contributed by atoms with Crippen molar-refractivity contribution in [2.45, 2.75) is 6.42 Å². The number of rotatable bonds is 7. The zero-order valence-corrected chi connectivity index (χ0v) is 11.4. The van der Waals surface area contributed by atoms with Gasteiger partial charge in [-0.1, -0.05) is 30.3 Å². The van der Waals surface area contributed by atoms with Crippen molar-refractivity contribution in [2.24, 2.45) is 0 Å². The first kappa shape index (κ1) is 13.2. The minimum atomic E-state index is 0.757. The van der Waals surface area contributed by atoms with Crippen LogP contribution in [-0.2, 0) is 11.2 Å². The van der Waals surface area contributed by atoms with Gasteiger partial charge in [-0.25, -0.2) is 4.98 Å². The molecule has 1 N–H and O–H groups in total. The molecule has 0 spiro atoms. The Morgan fingerprint density at radius 2 is 2.06 bits per heavy atom. The van der Waals surface area contributed by atoms with Crippen LogP contribution in [0.25, 0.3) is 11.3 Å². The Kier molecular flexibility index (Phi) is 5.33. The van der Waals surface area contributed by atoms with Gasteiger partial charge in [-0.15, -0.1) is 11.3 Å². The van der Waals surface area contributed by atoms with Crippen molar-refractivity contribution in [1.82, 2.24) is 10.3 Å². The standard InChI is InChI=1S/C14H18N2OS/c1-17-10-9-15-8-7-14-16-13(11-18-14)12-5-3-2-4-6-12/h2-6,11,15H,7-10H2,1H3. The lowest BCUT2D eigenvalue weighted by Crippen LogP contribution is -2.21. The van der Waals surface area contributed by atoms with Gasteiger partial charge in [0.1, 0.15) is 0 Å². The van der Waals surface area contributed by atoms with Crippen molar-refractivity contribution in [3.8, 4) is 11.3 Å². The molecule has 2 aromatic rings. The van der Waals surface area contributed by atoms with Crippen LogP contribution in [0.4, 0.5) is 0 Å². The third kappa shape index (κ3) is 3.91. The van der Waals surface area contributed by atoms with Gasteiger partial charge in [0.2, 0.25) is 0 Å². The van der Waals surface area contributed by atoms with E-state index in [0.717, 1.165) is 31.8 Å². The van der Waals surface area contributed by atoms with Crippen LogP contribution in [-0.4, -0.2) is 31.8 Å². The van der Waals surface area contributed by atoms with Gasteiger partial charge in [0.05, 0.1) is 17.3 Å². The number of hydrogen-bond donors (Lipinski definition) is 1. The minimum absolute atomic E-state index is 0.757. The molecule has 1 aromatic heterocycles. The molecular formula is C14H18N2OS. The Hall–Kier alpha value is -1.23. The highest BCUT2D eigenvalue weighted by molar-refractivity contribution is 7.09. The monoisotopic (exact) mass is 262 g/mol. The number of nitrogens with zero attached hydrogens (tertiary/aromatic N) is 1. The fourth-order valence-electron chi connectivity index (χ4n) is 1.66. The smallest absolute Gasteiger partial charge is 0.0945 e. The van der Waals surface area contributed by atoms with Crippen molar-refractivity contribution in [2.75, 3.05) is 26.8 Å². The summed E-state index contributed by atoms with van der Waals surface area (Å²) >= 11 is 1.73. The van der Waals surface area contributed by atoms with Crippen molar-refractivity contribution >= 4 is 11.3 Å². The number of aromatic nitrogens is 1. The lowest BCUT2D eigenvalue weighted by Gasteiger charge is -2.01. The van der Waals surface area contributed by atoms with Gasteiger partial charge in [-0.3, -0.25) is 0 Å². The first-order valence-corrected chi connectivity index (χ1v) is 6.97. The van der Waals surface area contributed by atoms with E-state index in [-0.39, 0.29) is 0 Å². The van der Waals surface area contributed by atoms with Gasteiger partial charge in [0.15, 0.2) is 0 Å². The summed E-state index contributed by atoms with van der Waals surface area (Å²) < 4.78 is 4.98. The maximum atomic E-state index is 4.98. The summed E-state index contributed by atoms with van der Waals surface area (Å²) in [5, 5.41) is 6.63. The van der Waals surface area contributed by atoms with Gasteiger partial charge in [-0.2, -0.15) is 0 Å². The predicted octanol–water partition coefficient (Wildman–Crippen LogP) is 2.59. The maximum Gasteiger partial charge on any atom is 0.0945 e. The van der Waals surface area contributed by atoms with Gasteiger partial charge < -0.3 is 10.1 Å². The molecule has 0 amide bonds. The largest absolute Gasteiger partial charge is 0.383 e. The number of thiazole rings is 1. The van der Waals surface area contributed by atoms with Crippen molar-refractivity contribution in [1.29, 1.82) is 0 Å². The van der Waals surface area contributed by atoms with Crippen LogP contribution >= 0.6 is 11.3 Å². The minimum Gasteiger partial charge on any atom is -0.383 e. The summed E-state index contributed by atoms with van der Waals surface area (Å²) in [6.45, 7) is 2.60. The highest BCUT2D eigenvalue weighted by Crippen LogP contribution is 2.21. The lowest BCUT2D eigenvalue weighted by atomic mass is 10.2. The average molecular weight is 262 g/mol. The molecule has 1 heterocycles. The normalized spacial score (nSPS) is 10.7. The molecule has 0 aliphatic carbocycles. The summed E-state index contributed by atoms with van der Waals surface area (Å²) in [6.07, 6.45) is 0.973. The molecule has 18 heavy (non-hydrogen) atoms. The average Bonchev–Trinajstić information content (AvgIpc) is 2.88. The number of ether oxygens (including phenoxy) is 1. The molecule has 0 atom stereocenters. The number of nitrogens with one attached hydrogen (secondary N) is 1. The number of benzene rings is 1. The van der Waals surface area contributed by atoms with Crippen molar-refractivity contribution in [3.05, 3.63) is 40.7 Å². The van der Waals surface area contributed by atoms with Gasteiger partial charge in [-0.05, 0) is 0 Å². The second kappa shape index (κ2) is 7.26. The molecule has 0 unspecified atom stereocenters. The fourth-order valence-corrected chi connectivity index (χ4v) is 2.47. The molecular weight excluding hydrogens is 244 g/mol. The fraction of sp³-hybridized carbons (Fsp3) is 0.357. The summed E-state index contributed by atoms with van der Waals surface area (Å²) in [6, 6.07) is 10.3. The summed E-state index contributed by atoms with van der Waals surface area (Å²) in [5.74, 6) is 0. The summed E-state index contributed by atoms with van der Waals surface area (Å²) in [5.41, 5.74) is 2.26. The first-order chi connectivity index (χ1) is 8.90. The quantitative estimate of drug-likeness (QED) is 0.779. The molecule has 0 aliphatic rings. The van der Waals surface area contributed by atoms with E-state index in [4.69, 9.17) is 4.74 Å². The highest BCUT2D eigenvalue weighted by atomic mass is 32.1. The van der Waals surface area contributed by atoms with Crippen molar-refractivity contribution < 1.29 is 4.74 Å². The Labute approximate surface area is 112 Å². The van der Waals surface area contributed by atoms with E-state index < -0.39 is 0 Å². The molecule has 0 saturated carbocycles. The van der Waals surface area contributed by atoms with E-state index in [9.17, 15) is 0 Å². The molecule has 96 valence electrons. The zero-order valence-electron chi connectivity index (χ0n) is 10.6. The van der Waals surface area contributed by atoms with E-state index in [2.05, 4.69) is 27.8 Å². The zero-order chi connectivity index (χ0) is 12.6. The number of hydrogen-bond acceptors (Lipinski definition) is 4. The number of methoxy groups -OCH3 is 1. The molecule has 0 aliphatic heterocycles. The van der Waals surface area contributed by atoms with Gasteiger partial charge >= 0.3 is 0 Å². The van der Waals surface area contributed by atoms with Crippen molar-refractivity contribution in [3.63, 3.8) is 0 Å². The van der Waals surface area contributed by atoms with Gasteiger partial charge in [0, 0.05) is 37.6 Å². The Morgan fingerprint density at radius 1 is 1.22 bits per heavy atom. The van der Waals surface area contributed by atoms with E-state index in [1.165, 1.54) is 10.6 Å². The summed E-state index contributed by atoms with van der Waals surface area (Å²) in [4.78, 5) is 4.65. The molecule has 2 rings (SSSR count). The maximum absolute atomic E-state index is 4.98. The van der Waals surface area contributed by atoms with Crippen LogP contribution in [0.5, 0.6) is 0 Å². The predicted molar refractivity (Wildman–Crippen MR) is 76.0 cm³/mol.